The zero-order valence-corrected chi connectivity index (χ0v) is 9.93. The van der Waals surface area contributed by atoms with Gasteiger partial charge in [-0.2, -0.15) is 17.0 Å². The van der Waals surface area contributed by atoms with E-state index in [0.717, 1.165) is 17.9 Å². The molecule has 4 heteroatoms. The van der Waals surface area contributed by atoms with E-state index < -0.39 is 0 Å². The molecule has 3 nitrogen and oxygen atoms in total. The molecule has 0 fully saturated rings. The van der Waals surface area contributed by atoms with E-state index in [-0.39, 0.29) is 0 Å². The first-order valence-electron chi connectivity index (χ1n) is 5.01. The first-order chi connectivity index (χ1) is 7.30. The normalized spacial score (nSPS) is 12.3. The summed E-state index contributed by atoms with van der Waals surface area (Å²) in [5.41, 5.74) is 0. The van der Waals surface area contributed by atoms with Crippen molar-refractivity contribution in [1.82, 2.24) is 5.32 Å². The fourth-order valence-electron chi connectivity index (χ4n) is 1.30. The summed E-state index contributed by atoms with van der Waals surface area (Å²) in [6.45, 7) is 2.86. The maximum absolute atomic E-state index is 8.59. The molecule has 0 saturated carbocycles. The van der Waals surface area contributed by atoms with Crippen LogP contribution in [-0.2, 0) is 6.54 Å². The van der Waals surface area contributed by atoms with Gasteiger partial charge in [-0.05, 0) is 24.8 Å². The van der Waals surface area contributed by atoms with Crippen molar-refractivity contribution in [2.24, 2.45) is 0 Å². The lowest BCUT2D eigenvalue weighted by atomic mass is 10.2. The van der Waals surface area contributed by atoms with Gasteiger partial charge in [0.25, 0.3) is 0 Å². The molecule has 0 aromatic carbocycles. The summed E-state index contributed by atoms with van der Waals surface area (Å²) in [6, 6.07) is 6.03. The monoisotopic (exact) mass is 224 g/mol. The van der Waals surface area contributed by atoms with E-state index >= 15 is 0 Å². The third kappa shape index (κ3) is 3.98. The summed E-state index contributed by atoms with van der Waals surface area (Å²) in [5.74, 6) is 2.30. The van der Waals surface area contributed by atoms with Crippen molar-refractivity contribution < 1.29 is 4.42 Å². The predicted octanol–water partition coefficient (Wildman–Crippen LogP) is 2.38. The smallest absolute Gasteiger partial charge is 0.203 e. The number of nitrogens with one attached hydrogen (secondary N) is 1. The van der Waals surface area contributed by atoms with Crippen LogP contribution in [0.4, 0.5) is 0 Å². The third-order valence-electron chi connectivity index (χ3n) is 2.20. The lowest BCUT2D eigenvalue weighted by Crippen LogP contribution is -2.29. The molecule has 0 aliphatic carbocycles. The van der Waals surface area contributed by atoms with Crippen molar-refractivity contribution in [3.8, 4) is 6.07 Å². The summed E-state index contributed by atoms with van der Waals surface area (Å²) in [7, 11) is 0. The topological polar surface area (TPSA) is 49.0 Å². The van der Waals surface area contributed by atoms with Crippen molar-refractivity contribution in [2.75, 3.05) is 12.0 Å². The molecule has 1 unspecified atom stereocenters. The van der Waals surface area contributed by atoms with Crippen molar-refractivity contribution in [2.45, 2.75) is 25.9 Å². The summed E-state index contributed by atoms with van der Waals surface area (Å²) < 4.78 is 5.28. The standard InChI is InChI=1S/C11H16N2OS/c1-3-9(8-15-2)13-7-11-5-4-10(6-12)14-11/h4-5,9,13H,3,7-8H2,1-2H3. The number of hydrogen-bond acceptors (Lipinski definition) is 4. The van der Waals surface area contributed by atoms with Crippen molar-refractivity contribution in [3.63, 3.8) is 0 Å². The van der Waals surface area contributed by atoms with Gasteiger partial charge in [0, 0.05) is 11.8 Å². The summed E-state index contributed by atoms with van der Waals surface area (Å²) in [4.78, 5) is 0. The maximum Gasteiger partial charge on any atom is 0.203 e. The van der Waals surface area contributed by atoms with E-state index in [1.165, 1.54) is 0 Å². The Morgan fingerprint density at radius 2 is 2.40 bits per heavy atom. The van der Waals surface area contributed by atoms with E-state index in [9.17, 15) is 0 Å². The summed E-state index contributed by atoms with van der Waals surface area (Å²) >= 11 is 1.83. The zero-order chi connectivity index (χ0) is 11.1. The van der Waals surface area contributed by atoms with E-state index in [2.05, 4.69) is 18.5 Å². The molecule has 0 spiro atoms. The lowest BCUT2D eigenvalue weighted by Gasteiger charge is -2.14. The summed E-state index contributed by atoms with van der Waals surface area (Å²) in [6.07, 6.45) is 3.21. The molecule has 1 N–H and O–H groups in total. The SMILES string of the molecule is CCC(CSC)NCc1ccc(C#N)o1. The molecule has 0 amide bonds. The highest BCUT2D eigenvalue weighted by atomic mass is 32.2. The molecular formula is C11H16N2OS. The molecule has 1 rings (SSSR count). The van der Waals surface area contributed by atoms with Gasteiger partial charge in [-0.15, -0.1) is 0 Å². The molecule has 0 saturated heterocycles. The quantitative estimate of drug-likeness (QED) is 0.806. The molecule has 1 aromatic heterocycles. The number of furan rings is 1. The Morgan fingerprint density at radius 3 is 2.93 bits per heavy atom. The van der Waals surface area contributed by atoms with Crippen molar-refractivity contribution >= 4 is 11.8 Å². The van der Waals surface area contributed by atoms with E-state index in [0.29, 0.717) is 18.3 Å². The Bertz CT molecular complexity index is 330. The average molecular weight is 224 g/mol. The number of thioether (sulfide) groups is 1. The van der Waals surface area contributed by atoms with E-state index in [1.807, 2.05) is 23.9 Å². The number of hydrogen-bond donors (Lipinski definition) is 1. The fraction of sp³-hybridized carbons (Fsp3) is 0.545. The van der Waals surface area contributed by atoms with Crippen LogP contribution in [0.5, 0.6) is 0 Å². The van der Waals surface area contributed by atoms with Gasteiger partial charge in [0.15, 0.2) is 0 Å². The van der Waals surface area contributed by atoms with Crippen LogP contribution in [0.2, 0.25) is 0 Å². The third-order valence-corrected chi connectivity index (χ3v) is 2.93. The minimum atomic E-state index is 0.379. The van der Waals surface area contributed by atoms with Gasteiger partial charge >= 0.3 is 0 Å². The molecule has 1 atom stereocenters. The maximum atomic E-state index is 8.59. The fourth-order valence-corrected chi connectivity index (χ4v) is 2.06. The predicted molar refractivity (Wildman–Crippen MR) is 62.7 cm³/mol. The molecule has 1 aromatic rings. The van der Waals surface area contributed by atoms with Gasteiger partial charge < -0.3 is 9.73 Å². The van der Waals surface area contributed by atoms with Gasteiger partial charge in [0.2, 0.25) is 5.76 Å². The minimum Gasteiger partial charge on any atom is -0.449 e. The second-order valence-electron chi connectivity index (χ2n) is 3.32. The van der Waals surface area contributed by atoms with Crippen LogP contribution in [0.3, 0.4) is 0 Å². The number of rotatable bonds is 6. The second-order valence-corrected chi connectivity index (χ2v) is 4.23. The Labute approximate surface area is 94.8 Å². The first kappa shape index (κ1) is 12.2. The van der Waals surface area contributed by atoms with Crippen LogP contribution >= 0.6 is 11.8 Å². The zero-order valence-electron chi connectivity index (χ0n) is 9.12. The van der Waals surface area contributed by atoms with Gasteiger partial charge in [0.05, 0.1) is 6.54 Å². The Hall–Kier alpha value is -0.920. The van der Waals surface area contributed by atoms with Crippen LogP contribution in [0.25, 0.3) is 0 Å². The Kier molecular flexibility index (Phi) is 5.30. The van der Waals surface area contributed by atoms with E-state index in [1.54, 1.807) is 6.07 Å². The van der Waals surface area contributed by atoms with Crippen molar-refractivity contribution in [1.29, 1.82) is 5.26 Å². The highest BCUT2D eigenvalue weighted by molar-refractivity contribution is 7.98. The van der Waals surface area contributed by atoms with Gasteiger partial charge in [-0.1, -0.05) is 6.92 Å². The van der Waals surface area contributed by atoms with E-state index in [4.69, 9.17) is 9.68 Å². The molecule has 0 aliphatic rings. The van der Waals surface area contributed by atoms with Crippen LogP contribution in [0.15, 0.2) is 16.5 Å². The van der Waals surface area contributed by atoms with Gasteiger partial charge in [0.1, 0.15) is 11.8 Å². The highest BCUT2D eigenvalue weighted by Crippen LogP contribution is 2.08. The largest absolute Gasteiger partial charge is 0.449 e. The van der Waals surface area contributed by atoms with Crippen LogP contribution in [0, 0.1) is 11.3 Å². The summed E-state index contributed by atoms with van der Waals surface area (Å²) in [5, 5.41) is 12.0. The minimum absolute atomic E-state index is 0.379. The number of nitriles is 1. The van der Waals surface area contributed by atoms with Gasteiger partial charge in [-0.25, -0.2) is 0 Å². The molecule has 0 radical (unpaired) electrons. The van der Waals surface area contributed by atoms with Crippen LogP contribution < -0.4 is 5.32 Å². The van der Waals surface area contributed by atoms with Crippen molar-refractivity contribution in [3.05, 3.63) is 23.7 Å². The molecular weight excluding hydrogens is 208 g/mol. The lowest BCUT2D eigenvalue weighted by molar-refractivity contribution is 0.447. The molecule has 0 bridgehead atoms. The highest BCUT2D eigenvalue weighted by Gasteiger charge is 2.06. The Balaban J connectivity index is 2.38. The van der Waals surface area contributed by atoms with Crippen LogP contribution in [0.1, 0.15) is 24.9 Å². The van der Waals surface area contributed by atoms with Crippen LogP contribution in [-0.4, -0.2) is 18.1 Å². The molecule has 15 heavy (non-hydrogen) atoms. The first-order valence-corrected chi connectivity index (χ1v) is 6.40. The molecule has 1 heterocycles. The second kappa shape index (κ2) is 6.54. The Morgan fingerprint density at radius 1 is 1.60 bits per heavy atom. The van der Waals surface area contributed by atoms with Gasteiger partial charge in [-0.3, -0.25) is 0 Å². The number of nitrogens with zero attached hydrogens (tertiary/aromatic N) is 1. The average Bonchev–Trinajstić information content (AvgIpc) is 2.72. The molecule has 0 aliphatic heterocycles. The molecule has 82 valence electrons.